The van der Waals surface area contributed by atoms with Crippen LogP contribution in [0.25, 0.3) is 0 Å². The van der Waals surface area contributed by atoms with Crippen molar-refractivity contribution in [2.75, 3.05) is 13.1 Å². The lowest BCUT2D eigenvalue weighted by molar-refractivity contribution is -0.142. The average Bonchev–Trinajstić information content (AvgIpc) is 2.46. The van der Waals surface area contributed by atoms with Gasteiger partial charge in [-0.25, -0.2) is 4.39 Å². The Balaban J connectivity index is 1.71. The van der Waals surface area contributed by atoms with Gasteiger partial charge in [0.15, 0.2) is 0 Å². The van der Waals surface area contributed by atoms with Crippen LogP contribution in [0.2, 0.25) is 0 Å². The summed E-state index contributed by atoms with van der Waals surface area (Å²) in [6, 6.07) is 6.45. The molecule has 1 aromatic rings. The summed E-state index contributed by atoms with van der Waals surface area (Å²) in [5, 5.41) is 0. The molecule has 2 amide bonds. The van der Waals surface area contributed by atoms with Gasteiger partial charge in [-0.2, -0.15) is 0 Å². The molecule has 2 aliphatic rings. The second-order valence-corrected chi connectivity index (χ2v) is 6.85. The van der Waals surface area contributed by atoms with Crippen molar-refractivity contribution in [1.82, 2.24) is 4.90 Å². The van der Waals surface area contributed by atoms with Crippen LogP contribution in [-0.4, -0.2) is 29.8 Å². The SMILES string of the molecule is NC(=O)CC1CCN(C(=O)C2(c3cccc(F)c3)CCC2)CC1. The Kier molecular flexibility index (Phi) is 4.37. The summed E-state index contributed by atoms with van der Waals surface area (Å²) >= 11 is 0. The number of hydrogen-bond donors (Lipinski definition) is 1. The number of hydrogen-bond acceptors (Lipinski definition) is 2. The Morgan fingerprint density at radius 2 is 1.96 bits per heavy atom. The number of primary amides is 1. The highest BCUT2D eigenvalue weighted by Crippen LogP contribution is 2.45. The summed E-state index contributed by atoms with van der Waals surface area (Å²) in [6.45, 7) is 1.32. The molecule has 1 aliphatic carbocycles. The molecule has 2 fully saturated rings. The van der Waals surface area contributed by atoms with Gasteiger partial charge >= 0.3 is 0 Å². The molecule has 0 unspecified atom stereocenters. The molecule has 1 saturated heterocycles. The molecule has 5 heteroatoms. The summed E-state index contributed by atoms with van der Waals surface area (Å²) in [7, 11) is 0. The normalized spacial score (nSPS) is 20.8. The van der Waals surface area contributed by atoms with Crippen molar-refractivity contribution < 1.29 is 14.0 Å². The van der Waals surface area contributed by atoms with Crippen LogP contribution in [0, 0.1) is 11.7 Å². The minimum absolute atomic E-state index is 0.117. The van der Waals surface area contributed by atoms with E-state index >= 15 is 0 Å². The third-order valence-electron chi connectivity index (χ3n) is 5.39. The third kappa shape index (κ3) is 3.09. The molecule has 0 radical (unpaired) electrons. The van der Waals surface area contributed by atoms with Crippen LogP contribution < -0.4 is 5.73 Å². The highest BCUT2D eigenvalue weighted by Gasteiger charge is 2.48. The largest absolute Gasteiger partial charge is 0.370 e. The lowest BCUT2D eigenvalue weighted by Crippen LogP contribution is -2.53. The van der Waals surface area contributed by atoms with Gasteiger partial charge < -0.3 is 10.6 Å². The predicted octanol–water partition coefficient (Wildman–Crippen LogP) is 2.36. The highest BCUT2D eigenvalue weighted by molar-refractivity contribution is 5.89. The van der Waals surface area contributed by atoms with E-state index in [-0.39, 0.29) is 23.5 Å². The number of amides is 2. The first-order valence-corrected chi connectivity index (χ1v) is 8.35. The molecule has 0 atom stereocenters. The number of rotatable bonds is 4. The molecule has 2 N–H and O–H groups in total. The maximum atomic E-state index is 13.6. The van der Waals surface area contributed by atoms with Crippen molar-refractivity contribution in [2.24, 2.45) is 11.7 Å². The Hall–Kier alpha value is -1.91. The fourth-order valence-corrected chi connectivity index (χ4v) is 3.87. The van der Waals surface area contributed by atoms with Crippen molar-refractivity contribution in [2.45, 2.75) is 43.9 Å². The van der Waals surface area contributed by atoms with Crippen molar-refractivity contribution in [3.05, 3.63) is 35.6 Å². The van der Waals surface area contributed by atoms with Crippen molar-refractivity contribution >= 4 is 11.8 Å². The lowest BCUT2D eigenvalue weighted by atomic mass is 9.63. The number of halogens is 1. The van der Waals surface area contributed by atoms with Crippen LogP contribution in [0.1, 0.15) is 44.1 Å². The fraction of sp³-hybridized carbons (Fsp3) is 0.556. The lowest BCUT2D eigenvalue weighted by Gasteiger charge is -2.45. The Morgan fingerprint density at radius 1 is 1.26 bits per heavy atom. The molecule has 23 heavy (non-hydrogen) atoms. The van der Waals surface area contributed by atoms with Crippen LogP contribution >= 0.6 is 0 Å². The van der Waals surface area contributed by atoms with Gasteiger partial charge in [-0.3, -0.25) is 9.59 Å². The van der Waals surface area contributed by atoms with Gasteiger partial charge in [-0.1, -0.05) is 18.6 Å². The summed E-state index contributed by atoms with van der Waals surface area (Å²) in [4.78, 5) is 26.0. The van der Waals surface area contributed by atoms with E-state index < -0.39 is 5.41 Å². The zero-order valence-corrected chi connectivity index (χ0v) is 13.3. The van der Waals surface area contributed by atoms with Crippen LogP contribution in [0.5, 0.6) is 0 Å². The molecule has 124 valence electrons. The van der Waals surface area contributed by atoms with E-state index in [0.29, 0.717) is 19.5 Å². The number of likely N-dealkylation sites (tertiary alicyclic amines) is 1. The van der Waals surface area contributed by atoms with E-state index in [0.717, 1.165) is 37.7 Å². The van der Waals surface area contributed by atoms with E-state index in [1.54, 1.807) is 6.07 Å². The molecule has 1 aromatic carbocycles. The van der Waals surface area contributed by atoms with E-state index in [9.17, 15) is 14.0 Å². The first-order chi connectivity index (χ1) is 11.0. The monoisotopic (exact) mass is 318 g/mol. The molecule has 1 saturated carbocycles. The Bertz CT molecular complexity index is 605. The van der Waals surface area contributed by atoms with Gasteiger partial charge in [0.25, 0.3) is 0 Å². The van der Waals surface area contributed by atoms with Gasteiger partial charge in [0.1, 0.15) is 5.82 Å². The number of carbonyl (C=O) groups excluding carboxylic acids is 2. The smallest absolute Gasteiger partial charge is 0.233 e. The zero-order chi connectivity index (χ0) is 16.4. The molecule has 4 nitrogen and oxygen atoms in total. The number of piperidine rings is 1. The van der Waals surface area contributed by atoms with Crippen molar-refractivity contribution in [3.8, 4) is 0 Å². The van der Waals surface area contributed by atoms with Crippen molar-refractivity contribution in [3.63, 3.8) is 0 Å². The zero-order valence-electron chi connectivity index (χ0n) is 13.3. The first-order valence-electron chi connectivity index (χ1n) is 8.35. The topological polar surface area (TPSA) is 63.4 Å². The first kappa shape index (κ1) is 16.0. The summed E-state index contributed by atoms with van der Waals surface area (Å²) in [6.07, 6.45) is 4.60. The second-order valence-electron chi connectivity index (χ2n) is 6.85. The average molecular weight is 318 g/mol. The minimum atomic E-state index is -0.543. The molecular formula is C18H23FN2O2. The molecule has 1 heterocycles. The number of carbonyl (C=O) groups is 2. The quantitative estimate of drug-likeness (QED) is 0.926. The molecule has 1 aliphatic heterocycles. The van der Waals surface area contributed by atoms with Crippen LogP contribution in [0.3, 0.4) is 0 Å². The third-order valence-corrected chi connectivity index (χ3v) is 5.39. The van der Waals surface area contributed by atoms with Crippen LogP contribution in [0.15, 0.2) is 24.3 Å². The van der Waals surface area contributed by atoms with E-state index in [1.807, 2.05) is 11.0 Å². The van der Waals surface area contributed by atoms with E-state index in [4.69, 9.17) is 5.73 Å². The summed E-state index contributed by atoms with van der Waals surface area (Å²) in [5.41, 5.74) is 5.51. The molecular weight excluding hydrogens is 295 g/mol. The van der Waals surface area contributed by atoms with Gasteiger partial charge in [-0.05, 0) is 49.3 Å². The Labute approximate surface area is 135 Å². The molecule has 3 rings (SSSR count). The number of nitrogens with two attached hydrogens (primary N) is 1. The standard InChI is InChI=1S/C18H23FN2O2/c19-15-4-1-3-14(12-15)18(7-2-8-18)17(23)21-9-5-13(6-10-21)11-16(20)22/h1,3-4,12-13H,2,5-11H2,(H2,20,22). The molecule has 0 bridgehead atoms. The highest BCUT2D eigenvalue weighted by atomic mass is 19.1. The molecule has 0 spiro atoms. The van der Waals surface area contributed by atoms with E-state index in [2.05, 4.69) is 0 Å². The maximum Gasteiger partial charge on any atom is 0.233 e. The second kappa shape index (κ2) is 6.30. The summed E-state index contributed by atoms with van der Waals surface area (Å²) in [5.74, 6) is -0.165. The van der Waals surface area contributed by atoms with E-state index in [1.165, 1.54) is 12.1 Å². The van der Waals surface area contributed by atoms with Crippen LogP contribution in [-0.2, 0) is 15.0 Å². The van der Waals surface area contributed by atoms with Gasteiger partial charge in [0, 0.05) is 19.5 Å². The predicted molar refractivity (Wildman–Crippen MR) is 85.0 cm³/mol. The summed E-state index contributed by atoms with van der Waals surface area (Å²) < 4.78 is 13.6. The van der Waals surface area contributed by atoms with Gasteiger partial charge in [0.2, 0.25) is 11.8 Å². The molecule has 0 aromatic heterocycles. The Morgan fingerprint density at radius 3 is 2.48 bits per heavy atom. The fourth-order valence-electron chi connectivity index (χ4n) is 3.87. The number of benzene rings is 1. The number of nitrogens with zero attached hydrogens (tertiary/aromatic N) is 1. The van der Waals surface area contributed by atoms with Gasteiger partial charge in [0.05, 0.1) is 5.41 Å². The van der Waals surface area contributed by atoms with Gasteiger partial charge in [-0.15, -0.1) is 0 Å². The minimum Gasteiger partial charge on any atom is -0.370 e. The van der Waals surface area contributed by atoms with Crippen LogP contribution in [0.4, 0.5) is 4.39 Å². The van der Waals surface area contributed by atoms with Crippen molar-refractivity contribution in [1.29, 1.82) is 0 Å². The maximum absolute atomic E-state index is 13.6.